The Bertz CT molecular complexity index is 1440. The number of nitriles is 1. The Labute approximate surface area is 227 Å². The molecule has 35 heavy (non-hydrogen) atoms. The van der Waals surface area contributed by atoms with E-state index in [2.05, 4.69) is 27.7 Å². The predicted octanol–water partition coefficient (Wildman–Crippen LogP) is 9.81. The minimum absolute atomic E-state index is 0.0644. The normalized spacial score (nSPS) is 14.9. The number of fused-ring (bicyclic) bond motifs is 2. The van der Waals surface area contributed by atoms with Gasteiger partial charge >= 0.3 is 5.69 Å². The molecule has 0 radical (unpaired) electrons. The lowest BCUT2D eigenvalue weighted by Crippen LogP contribution is -2.01. The summed E-state index contributed by atoms with van der Waals surface area (Å²) in [6.07, 6.45) is 2.96. The predicted molar refractivity (Wildman–Crippen MR) is 155 cm³/mol. The SMILES string of the molecule is CCCC(C)SP(=S)(Oc1ccc([N+](=O)[O-])c2oc3c(C#N)c(Cl)ccc3c(=S)c12)SC(C)CC. The standard InChI is InChI=1S/C23H24ClN2O4PS4/c1-5-7-14(4)35-31(33,34-13(3)6-2)30-19-11-10-18(26(27)28)22-20(19)23(32)15-8-9-17(24)16(12-25)21(15)29-22/h8-11,13-14H,5-7H2,1-4H3. The summed E-state index contributed by atoms with van der Waals surface area (Å²) in [5, 5.41) is 22.9. The molecule has 1 aromatic heterocycles. The van der Waals surface area contributed by atoms with Crippen molar-refractivity contribution in [2.24, 2.45) is 0 Å². The van der Waals surface area contributed by atoms with Crippen molar-refractivity contribution in [2.45, 2.75) is 57.5 Å². The quantitative estimate of drug-likeness (QED) is 0.0756. The fourth-order valence-electron chi connectivity index (χ4n) is 3.44. The van der Waals surface area contributed by atoms with Gasteiger partial charge in [0.25, 0.3) is 0 Å². The smallest absolute Gasteiger partial charge is 0.312 e. The number of nitro benzene ring substituents is 1. The van der Waals surface area contributed by atoms with Crippen molar-refractivity contribution < 1.29 is 13.9 Å². The fraction of sp³-hybridized carbons (Fsp3) is 0.391. The van der Waals surface area contributed by atoms with Gasteiger partial charge in [0.2, 0.25) is 10.3 Å². The Morgan fingerprint density at radius 1 is 1.23 bits per heavy atom. The molecule has 186 valence electrons. The second-order valence-corrected chi connectivity index (χ2v) is 19.9. The number of hydrogen-bond donors (Lipinski definition) is 0. The van der Waals surface area contributed by atoms with Gasteiger partial charge in [-0.15, -0.1) is 0 Å². The number of non-ortho nitro benzene ring substituents is 1. The zero-order valence-corrected chi connectivity index (χ0v) is 24.5. The summed E-state index contributed by atoms with van der Waals surface area (Å²) in [7, 11) is 0. The molecule has 0 bridgehead atoms. The van der Waals surface area contributed by atoms with E-state index >= 15 is 0 Å². The van der Waals surface area contributed by atoms with Crippen LogP contribution >= 0.6 is 51.3 Å². The number of hydrogen-bond acceptors (Lipinski definition) is 9. The van der Waals surface area contributed by atoms with Crippen LogP contribution in [0.3, 0.4) is 0 Å². The summed E-state index contributed by atoms with van der Waals surface area (Å²) in [6.45, 7) is 8.48. The van der Waals surface area contributed by atoms with Gasteiger partial charge in [0.05, 0.1) is 19.8 Å². The van der Waals surface area contributed by atoms with Crippen LogP contribution in [0.15, 0.2) is 28.7 Å². The van der Waals surface area contributed by atoms with Crippen LogP contribution < -0.4 is 4.52 Å². The average Bonchev–Trinajstić information content (AvgIpc) is 2.78. The highest BCUT2D eigenvalue weighted by atomic mass is 35.5. The summed E-state index contributed by atoms with van der Waals surface area (Å²) in [4.78, 5) is 11.3. The molecule has 6 nitrogen and oxygen atoms in total. The third-order valence-electron chi connectivity index (χ3n) is 5.29. The van der Waals surface area contributed by atoms with Gasteiger partial charge in [0, 0.05) is 22.0 Å². The van der Waals surface area contributed by atoms with Crippen molar-refractivity contribution in [1.29, 1.82) is 5.26 Å². The molecule has 0 aliphatic carbocycles. The molecule has 0 spiro atoms. The zero-order valence-electron chi connectivity index (χ0n) is 19.6. The maximum atomic E-state index is 11.8. The van der Waals surface area contributed by atoms with Gasteiger partial charge in [-0.2, -0.15) is 5.26 Å². The summed E-state index contributed by atoms with van der Waals surface area (Å²) in [5.41, 5.74) is -0.166. The number of rotatable bonds is 10. The maximum Gasteiger partial charge on any atom is 0.312 e. The van der Waals surface area contributed by atoms with Gasteiger partial charge in [-0.05, 0) is 42.8 Å². The summed E-state index contributed by atoms with van der Waals surface area (Å²) in [6, 6.07) is 8.08. The maximum absolute atomic E-state index is 11.8. The Kier molecular flexibility index (Phi) is 9.52. The highest BCUT2D eigenvalue weighted by molar-refractivity contribution is 8.99. The highest BCUT2D eigenvalue weighted by Crippen LogP contribution is 2.72. The van der Waals surface area contributed by atoms with E-state index in [1.54, 1.807) is 41.0 Å². The third-order valence-corrected chi connectivity index (χ3v) is 15.7. The summed E-state index contributed by atoms with van der Waals surface area (Å²) in [5.74, 6) is 0.352. The lowest BCUT2D eigenvalue weighted by atomic mass is 10.1. The number of nitro groups is 1. The summed E-state index contributed by atoms with van der Waals surface area (Å²) >= 11 is 21.3. The highest BCUT2D eigenvalue weighted by Gasteiger charge is 2.30. The van der Waals surface area contributed by atoms with E-state index in [1.807, 2.05) is 6.07 Å². The van der Waals surface area contributed by atoms with Crippen LogP contribution in [-0.2, 0) is 11.8 Å². The Hall–Kier alpha value is -1.34. The Morgan fingerprint density at radius 2 is 1.91 bits per heavy atom. The van der Waals surface area contributed by atoms with Crippen LogP contribution in [0.4, 0.5) is 5.69 Å². The Balaban J connectivity index is 2.30. The molecule has 0 aliphatic rings. The molecule has 3 rings (SSSR count). The van der Waals surface area contributed by atoms with Gasteiger partial charge in [-0.3, -0.25) is 10.1 Å². The summed E-state index contributed by atoms with van der Waals surface area (Å²) < 4.78 is 10.3. The van der Waals surface area contributed by atoms with Crippen molar-refractivity contribution in [3.8, 4) is 11.8 Å². The van der Waals surface area contributed by atoms with Crippen molar-refractivity contribution in [1.82, 2.24) is 0 Å². The van der Waals surface area contributed by atoms with Crippen molar-refractivity contribution >= 4 is 90.7 Å². The number of halogens is 1. The van der Waals surface area contributed by atoms with E-state index in [-0.39, 0.29) is 37.2 Å². The number of benzene rings is 2. The molecule has 2 aromatic carbocycles. The molecule has 0 fully saturated rings. The van der Waals surface area contributed by atoms with Crippen LogP contribution in [-0.4, -0.2) is 15.4 Å². The minimum atomic E-state index is -2.51. The third kappa shape index (κ3) is 6.15. The van der Waals surface area contributed by atoms with E-state index in [1.165, 1.54) is 6.07 Å². The van der Waals surface area contributed by atoms with E-state index in [9.17, 15) is 15.4 Å². The van der Waals surface area contributed by atoms with Crippen LogP contribution in [0.2, 0.25) is 5.02 Å². The second-order valence-electron chi connectivity index (χ2n) is 7.95. The van der Waals surface area contributed by atoms with Crippen LogP contribution in [0, 0.1) is 26.0 Å². The minimum Gasteiger partial charge on any atom is -0.447 e. The van der Waals surface area contributed by atoms with Crippen LogP contribution in [0.25, 0.3) is 21.9 Å². The molecule has 1 heterocycles. The fourth-order valence-corrected chi connectivity index (χ4v) is 16.2. The molecule has 0 aliphatic heterocycles. The molecule has 0 N–H and O–H groups in total. The molecule has 0 saturated carbocycles. The monoisotopic (exact) mass is 586 g/mol. The van der Waals surface area contributed by atoms with Crippen molar-refractivity contribution in [3.05, 3.63) is 49.5 Å². The van der Waals surface area contributed by atoms with Gasteiger partial charge in [-0.1, -0.05) is 80.7 Å². The molecule has 12 heteroatoms. The first-order valence-electron chi connectivity index (χ1n) is 11.0. The van der Waals surface area contributed by atoms with E-state index in [4.69, 9.17) is 44.6 Å². The first kappa shape index (κ1) is 28.2. The van der Waals surface area contributed by atoms with E-state index in [0.29, 0.717) is 21.8 Å². The first-order chi connectivity index (χ1) is 16.5. The van der Waals surface area contributed by atoms with E-state index < -0.39 is 9.59 Å². The van der Waals surface area contributed by atoms with Crippen LogP contribution in [0.5, 0.6) is 5.75 Å². The van der Waals surface area contributed by atoms with Gasteiger partial charge < -0.3 is 8.94 Å². The van der Waals surface area contributed by atoms with Gasteiger partial charge in [0.1, 0.15) is 17.4 Å². The zero-order chi connectivity index (χ0) is 25.9. The lowest BCUT2D eigenvalue weighted by Gasteiger charge is -2.27. The average molecular weight is 587 g/mol. The molecule has 0 amide bonds. The molecular weight excluding hydrogens is 563 g/mol. The topological polar surface area (TPSA) is 89.3 Å². The van der Waals surface area contributed by atoms with Crippen molar-refractivity contribution in [3.63, 3.8) is 0 Å². The van der Waals surface area contributed by atoms with E-state index in [0.717, 1.165) is 19.3 Å². The number of nitrogens with zero attached hydrogens (tertiary/aromatic N) is 2. The van der Waals surface area contributed by atoms with Crippen molar-refractivity contribution in [2.75, 3.05) is 0 Å². The lowest BCUT2D eigenvalue weighted by molar-refractivity contribution is -0.383. The van der Waals surface area contributed by atoms with Crippen LogP contribution in [0.1, 0.15) is 52.5 Å². The second kappa shape index (κ2) is 11.8. The molecule has 3 atom stereocenters. The molecular formula is C23H24ClN2O4PS4. The largest absolute Gasteiger partial charge is 0.447 e. The van der Waals surface area contributed by atoms with Gasteiger partial charge in [-0.25, -0.2) is 0 Å². The molecule has 3 unspecified atom stereocenters. The molecule has 3 aromatic rings. The Morgan fingerprint density at radius 3 is 2.51 bits per heavy atom. The molecule has 0 saturated heterocycles. The van der Waals surface area contributed by atoms with Gasteiger partial charge in [0.15, 0.2) is 5.58 Å². The first-order valence-corrected chi connectivity index (χ1v) is 17.5.